The van der Waals surface area contributed by atoms with E-state index in [0.717, 1.165) is 0 Å². The van der Waals surface area contributed by atoms with Crippen LogP contribution in [0.25, 0.3) is 0 Å². The number of hydrogen-bond acceptors (Lipinski definition) is 2. The van der Waals surface area contributed by atoms with Crippen LogP contribution in [0.2, 0.25) is 0 Å². The fourth-order valence-corrected chi connectivity index (χ4v) is 1.14. The van der Waals surface area contributed by atoms with Crippen molar-refractivity contribution in [1.82, 2.24) is 4.98 Å². The van der Waals surface area contributed by atoms with Gasteiger partial charge in [-0.1, -0.05) is 6.92 Å². The van der Waals surface area contributed by atoms with E-state index in [9.17, 15) is 13.2 Å². The lowest BCUT2D eigenvalue weighted by molar-refractivity contribution is 0.438. The Kier molecular flexibility index (Phi) is 3.10. The molecule has 2 N–H and O–H groups in total. The zero-order valence-electron chi connectivity index (χ0n) is 7.94. The fourth-order valence-electron chi connectivity index (χ4n) is 1.14. The maximum Gasteiger partial charge on any atom is 0.221 e. The molecule has 1 aromatic heterocycles. The lowest BCUT2D eigenvalue weighted by atomic mass is 10.1. The molecule has 5 heteroatoms. The van der Waals surface area contributed by atoms with Gasteiger partial charge in [-0.25, -0.2) is 13.8 Å². The number of rotatable bonds is 2. The van der Waals surface area contributed by atoms with Crippen LogP contribution in [0.3, 0.4) is 0 Å². The third-order valence-electron chi connectivity index (χ3n) is 2.05. The third-order valence-corrected chi connectivity index (χ3v) is 2.05. The normalized spacial score (nSPS) is 13.0. The van der Waals surface area contributed by atoms with Crippen molar-refractivity contribution >= 4 is 0 Å². The zero-order chi connectivity index (χ0) is 10.9. The van der Waals surface area contributed by atoms with E-state index in [0.29, 0.717) is 6.42 Å². The lowest BCUT2D eigenvalue weighted by Crippen LogP contribution is -2.16. The Balaban J connectivity index is 3.36. The average Bonchev–Trinajstić information content (AvgIpc) is 2.14. The standard InChI is InChI=1S/C9H11F3N2/c1-3-5(13)6-8(11)7(10)4(2)14-9(6)12/h5H,3,13H2,1-2H3/t5-/m1/s1. The molecule has 0 aliphatic carbocycles. The van der Waals surface area contributed by atoms with Gasteiger partial charge in [0.1, 0.15) is 0 Å². The molecule has 0 aliphatic rings. The van der Waals surface area contributed by atoms with Crippen molar-refractivity contribution in [1.29, 1.82) is 0 Å². The van der Waals surface area contributed by atoms with Gasteiger partial charge in [-0.05, 0) is 13.3 Å². The lowest BCUT2D eigenvalue weighted by Gasteiger charge is -2.12. The molecule has 0 radical (unpaired) electrons. The van der Waals surface area contributed by atoms with Gasteiger partial charge in [-0.2, -0.15) is 4.39 Å². The van der Waals surface area contributed by atoms with Crippen LogP contribution < -0.4 is 5.73 Å². The molecule has 0 aromatic carbocycles. The van der Waals surface area contributed by atoms with E-state index in [-0.39, 0.29) is 5.69 Å². The van der Waals surface area contributed by atoms with Crippen LogP contribution in [0.1, 0.15) is 30.6 Å². The van der Waals surface area contributed by atoms with Crippen molar-refractivity contribution in [3.63, 3.8) is 0 Å². The smallest absolute Gasteiger partial charge is 0.221 e. The molecule has 0 spiro atoms. The summed E-state index contributed by atoms with van der Waals surface area (Å²) in [6.45, 7) is 2.85. The quantitative estimate of drug-likeness (QED) is 0.750. The Morgan fingerprint density at radius 2 is 1.86 bits per heavy atom. The first-order valence-electron chi connectivity index (χ1n) is 4.25. The maximum atomic E-state index is 13.2. The average molecular weight is 204 g/mol. The molecule has 2 nitrogen and oxygen atoms in total. The van der Waals surface area contributed by atoms with Gasteiger partial charge in [-0.3, -0.25) is 0 Å². The van der Waals surface area contributed by atoms with Gasteiger partial charge < -0.3 is 5.73 Å². The van der Waals surface area contributed by atoms with Crippen molar-refractivity contribution in [2.75, 3.05) is 0 Å². The summed E-state index contributed by atoms with van der Waals surface area (Å²) in [7, 11) is 0. The Morgan fingerprint density at radius 3 is 2.36 bits per heavy atom. The third kappa shape index (κ3) is 1.72. The van der Waals surface area contributed by atoms with E-state index >= 15 is 0 Å². The molecule has 1 aromatic rings. The monoisotopic (exact) mass is 204 g/mol. The SMILES string of the molecule is CC[C@@H](N)c1c(F)nc(C)c(F)c1F. The van der Waals surface area contributed by atoms with Crippen LogP contribution >= 0.6 is 0 Å². The Labute approximate surface area is 79.9 Å². The summed E-state index contributed by atoms with van der Waals surface area (Å²) >= 11 is 0. The highest BCUT2D eigenvalue weighted by Crippen LogP contribution is 2.23. The number of nitrogens with zero attached hydrogens (tertiary/aromatic N) is 1. The van der Waals surface area contributed by atoms with E-state index < -0.39 is 29.2 Å². The van der Waals surface area contributed by atoms with Gasteiger partial charge in [-0.15, -0.1) is 0 Å². The largest absolute Gasteiger partial charge is 0.324 e. The highest BCUT2D eigenvalue weighted by molar-refractivity contribution is 5.22. The maximum absolute atomic E-state index is 13.2. The van der Waals surface area contributed by atoms with Crippen LogP contribution in [0, 0.1) is 24.5 Å². The first-order valence-corrected chi connectivity index (χ1v) is 4.25. The summed E-state index contributed by atoms with van der Waals surface area (Å²) in [6.07, 6.45) is 0.317. The summed E-state index contributed by atoms with van der Waals surface area (Å²) < 4.78 is 39.4. The Morgan fingerprint density at radius 1 is 1.29 bits per heavy atom. The highest BCUT2D eigenvalue weighted by atomic mass is 19.2. The second kappa shape index (κ2) is 3.96. The van der Waals surface area contributed by atoms with E-state index in [1.165, 1.54) is 6.92 Å². The highest BCUT2D eigenvalue weighted by Gasteiger charge is 2.22. The van der Waals surface area contributed by atoms with Gasteiger partial charge in [0.15, 0.2) is 11.6 Å². The predicted molar refractivity (Wildman–Crippen MR) is 46.1 cm³/mol. The van der Waals surface area contributed by atoms with Gasteiger partial charge in [0.25, 0.3) is 0 Å². The molecule has 0 bridgehead atoms. The van der Waals surface area contributed by atoms with Gasteiger partial charge >= 0.3 is 0 Å². The molecule has 0 fully saturated rings. The number of hydrogen-bond donors (Lipinski definition) is 1. The van der Waals surface area contributed by atoms with Crippen molar-refractivity contribution in [2.24, 2.45) is 5.73 Å². The summed E-state index contributed by atoms with van der Waals surface area (Å²) in [4.78, 5) is 3.24. The molecule has 1 atom stereocenters. The van der Waals surface area contributed by atoms with Crippen LogP contribution in [0.15, 0.2) is 0 Å². The van der Waals surface area contributed by atoms with E-state index in [1.54, 1.807) is 6.92 Å². The second-order valence-corrected chi connectivity index (χ2v) is 3.04. The predicted octanol–water partition coefficient (Wildman–Crippen LogP) is 2.22. The van der Waals surface area contributed by atoms with Crippen LogP contribution in [0.5, 0.6) is 0 Å². The molecule has 78 valence electrons. The van der Waals surface area contributed by atoms with Gasteiger partial charge in [0, 0.05) is 6.04 Å². The number of nitrogens with two attached hydrogens (primary N) is 1. The second-order valence-electron chi connectivity index (χ2n) is 3.04. The van der Waals surface area contributed by atoms with E-state index in [2.05, 4.69) is 4.98 Å². The molecule has 0 saturated carbocycles. The molecule has 0 saturated heterocycles. The minimum Gasteiger partial charge on any atom is -0.324 e. The van der Waals surface area contributed by atoms with E-state index in [1.807, 2.05) is 0 Å². The van der Waals surface area contributed by atoms with Crippen LogP contribution in [0.4, 0.5) is 13.2 Å². The van der Waals surface area contributed by atoms with Crippen molar-refractivity contribution < 1.29 is 13.2 Å². The summed E-state index contributed by atoms with van der Waals surface area (Å²) in [5, 5.41) is 0. The molecule has 1 heterocycles. The van der Waals surface area contributed by atoms with E-state index in [4.69, 9.17) is 5.73 Å². The number of aryl methyl sites for hydroxylation is 1. The zero-order valence-corrected chi connectivity index (χ0v) is 7.94. The fraction of sp³-hybridized carbons (Fsp3) is 0.444. The summed E-state index contributed by atoms with van der Waals surface area (Å²) in [5.74, 6) is -3.40. The molecule has 14 heavy (non-hydrogen) atoms. The summed E-state index contributed by atoms with van der Waals surface area (Å²) in [5.41, 5.74) is 4.65. The number of pyridine rings is 1. The van der Waals surface area contributed by atoms with Crippen LogP contribution in [-0.4, -0.2) is 4.98 Å². The molecule has 1 rings (SSSR count). The van der Waals surface area contributed by atoms with Crippen LogP contribution in [-0.2, 0) is 0 Å². The first kappa shape index (κ1) is 11.0. The topological polar surface area (TPSA) is 38.9 Å². The minimum atomic E-state index is -1.23. The van der Waals surface area contributed by atoms with Crippen molar-refractivity contribution in [2.45, 2.75) is 26.3 Å². The minimum absolute atomic E-state index is 0.299. The molecular weight excluding hydrogens is 193 g/mol. The molecule has 0 amide bonds. The summed E-state index contributed by atoms with van der Waals surface area (Å²) in [6, 6.07) is -0.863. The van der Waals surface area contributed by atoms with Crippen molar-refractivity contribution in [3.8, 4) is 0 Å². The number of aromatic nitrogens is 1. The Bertz CT molecular complexity index is 352. The van der Waals surface area contributed by atoms with Gasteiger partial charge in [0.05, 0.1) is 11.3 Å². The number of halogens is 3. The first-order chi connectivity index (χ1) is 6.49. The van der Waals surface area contributed by atoms with Gasteiger partial charge in [0.2, 0.25) is 5.95 Å². The van der Waals surface area contributed by atoms with Crippen molar-refractivity contribution in [3.05, 3.63) is 28.8 Å². The Hall–Kier alpha value is -1.10. The molecule has 0 unspecified atom stereocenters. The molecular formula is C9H11F3N2. The molecule has 0 aliphatic heterocycles.